The van der Waals surface area contributed by atoms with Gasteiger partial charge in [-0.15, -0.1) is 0 Å². The molecule has 0 atom stereocenters. The number of ether oxygens (including phenoxy) is 1. The first-order valence-corrected chi connectivity index (χ1v) is 5.84. The number of carbonyl (C=O) groups is 1. The Balaban J connectivity index is 2.23. The minimum absolute atomic E-state index is 0.531. The van der Waals surface area contributed by atoms with E-state index < -0.39 is 11.4 Å². The normalized spacial score (nSPS) is 19.2. The number of rotatable bonds is 3. The molecule has 1 fully saturated rings. The maximum atomic E-state index is 11.5. The molecule has 0 spiro atoms. The van der Waals surface area contributed by atoms with E-state index in [2.05, 4.69) is 5.10 Å². The predicted octanol–water partition coefficient (Wildman–Crippen LogP) is 1.15. The molecule has 5 heteroatoms. The van der Waals surface area contributed by atoms with Crippen molar-refractivity contribution in [2.24, 2.45) is 12.5 Å². The molecule has 0 aliphatic carbocycles. The lowest BCUT2D eigenvalue weighted by Crippen LogP contribution is -2.39. The van der Waals surface area contributed by atoms with Crippen LogP contribution in [0, 0.1) is 12.3 Å². The van der Waals surface area contributed by atoms with E-state index >= 15 is 0 Å². The average molecular weight is 238 g/mol. The fourth-order valence-corrected chi connectivity index (χ4v) is 2.40. The molecule has 0 bridgehead atoms. The Kier molecular flexibility index (Phi) is 3.19. The maximum Gasteiger partial charge on any atom is 0.310 e. The summed E-state index contributed by atoms with van der Waals surface area (Å²) in [5.74, 6) is -0.723. The van der Waals surface area contributed by atoms with Gasteiger partial charge in [-0.05, 0) is 25.8 Å². The smallest absolute Gasteiger partial charge is 0.310 e. The second-order valence-electron chi connectivity index (χ2n) is 4.78. The summed E-state index contributed by atoms with van der Waals surface area (Å²) in [7, 11) is 1.86. The molecule has 0 amide bonds. The summed E-state index contributed by atoms with van der Waals surface area (Å²) in [6, 6.07) is 1.96. The first-order chi connectivity index (χ1) is 8.03. The van der Waals surface area contributed by atoms with Crippen LogP contribution >= 0.6 is 0 Å². The molecule has 0 radical (unpaired) electrons. The van der Waals surface area contributed by atoms with Crippen molar-refractivity contribution in [1.82, 2.24) is 9.78 Å². The van der Waals surface area contributed by atoms with Crippen LogP contribution in [0.4, 0.5) is 0 Å². The van der Waals surface area contributed by atoms with Crippen LogP contribution in [0.1, 0.15) is 24.2 Å². The molecule has 1 aliphatic heterocycles. The highest BCUT2D eigenvalue weighted by Crippen LogP contribution is 2.34. The summed E-state index contributed by atoms with van der Waals surface area (Å²) in [5, 5.41) is 13.7. The number of aryl methyl sites for hydroxylation is 2. The van der Waals surface area contributed by atoms with E-state index in [1.807, 2.05) is 20.0 Å². The Bertz CT molecular complexity index is 419. The number of hydrogen-bond donors (Lipinski definition) is 1. The summed E-state index contributed by atoms with van der Waals surface area (Å²) >= 11 is 0. The molecule has 1 aromatic heterocycles. The third-order valence-electron chi connectivity index (χ3n) is 3.52. The van der Waals surface area contributed by atoms with E-state index in [-0.39, 0.29) is 0 Å². The minimum Gasteiger partial charge on any atom is -0.481 e. The molecule has 17 heavy (non-hydrogen) atoms. The van der Waals surface area contributed by atoms with Crippen LogP contribution in [0.25, 0.3) is 0 Å². The summed E-state index contributed by atoms with van der Waals surface area (Å²) in [6.45, 7) is 2.98. The van der Waals surface area contributed by atoms with Gasteiger partial charge in [0.2, 0.25) is 0 Å². The van der Waals surface area contributed by atoms with E-state index in [0.717, 1.165) is 11.4 Å². The van der Waals surface area contributed by atoms with Crippen molar-refractivity contribution < 1.29 is 14.6 Å². The van der Waals surface area contributed by atoms with Gasteiger partial charge < -0.3 is 9.84 Å². The van der Waals surface area contributed by atoms with Gasteiger partial charge in [0.15, 0.2) is 0 Å². The number of hydrogen-bond acceptors (Lipinski definition) is 3. The Morgan fingerprint density at radius 3 is 2.71 bits per heavy atom. The first kappa shape index (κ1) is 12.1. The molecule has 0 saturated carbocycles. The van der Waals surface area contributed by atoms with E-state index in [0.29, 0.717) is 32.5 Å². The summed E-state index contributed by atoms with van der Waals surface area (Å²) in [4.78, 5) is 11.5. The lowest BCUT2D eigenvalue weighted by molar-refractivity contribution is -0.154. The van der Waals surface area contributed by atoms with Crippen LogP contribution in [-0.2, 0) is 23.0 Å². The zero-order chi connectivity index (χ0) is 12.5. The third-order valence-corrected chi connectivity index (χ3v) is 3.52. The van der Waals surface area contributed by atoms with E-state index in [1.54, 1.807) is 4.68 Å². The zero-order valence-electron chi connectivity index (χ0n) is 10.3. The van der Waals surface area contributed by atoms with Gasteiger partial charge in [-0.2, -0.15) is 5.10 Å². The van der Waals surface area contributed by atoms with Gasteiger partial charge in [0.05, 0.1) is 11.1 Å². The lowest BCUT2D eigenvalue weighted by Gasteiger charge is -2.32. The second-order valence-corrected chi connectivity index (χ2v) is 4.78. The summed E-state index contributed by atoms with van der Waals surface area (Å²) < 4.78 is 7.04. The number of carboxylic acids is 1. The standard InChI is InChI=1S/C12H18N2O3/c1-9-7-10(14(2)13-9)8-12(11(15)16)3-5-17-6-4-12/h7H,3-6,8H2,1-2H3,(H,15,16). The van der Waals surface area contributed by atoms with Gasteiger partial charge >= 0.3 is 5.97 Å². The Morgan fingerprint density at radius 2 is 2.24 bits per heavy atom. The Morgan fingerprint density at radius 1 is 1.59 bits per heavy atom. The van der Waals surface area contributed by atoms with E-state index in [4.69, 9.17) is 4.74 Å². The zero-order valence-corrected chi connectivity index (χ0v) is 10.3. The van der Waals surface area contributed by atoms with Crippen molar-refractivity contribution >= 4 is 5.97 Å². The molecule has 2 heterocycles. The van der Waals surface area contributed by atoms with Crippen molar-refractivity contribution in [2.75, 3.05) is 13.2 Å². The topological polar surface area (TPSA) is 64.3 Å². The van der Waals surface area contributed by atoms with Crippen LogP contribution < -0.4 is 0 Å². The number of aliphatic carboxylic acids is 1. The fraction of sp³-hybridized carbons (Fsp3) is 0.667. The highest BCUT2D eigenvalue weighted by molar-refractivity contribution is 5.75. The SMILES string of the molecule is Cc1cc(CC2(C(=O)O)CCOCC2)n(C)n1. The van der Waals surface area contributed by atoms with Crippen LogP contribution in [0.2, 0.25) is 0 Å². The van der Waals surface area contributed by atoms with Crippen LogP contribution in [0.15, 0.2) is 6.07 Å². The quantitative estimate of drug-likeness (QED) is 0.858. The van der Waals surface area contributed by atoms with Gasteiger partial charge in [-0.3, -0.25) is 9.48 Å². The molecular weight excluding hydrogens is 220 g/mol. The molecule has 1 N–H and O–H groups in total. The van der Waals surface area contributed by atoms with Gasteiger partial charge in [0.25, 0.3) is 0 Å². The summed E-state index contributed by atoms with van der Waals surface area (Å²) in [5.41, 5.74) is 1.22. The highest BCUT2D eigenvalue weighted by Gasteiger charge is 2.40. The van der Waals surface area contributed by atoms with Crippen molar-refractivity contribution in [1.29, 1.82) is 0 Å². The minimum atomic E-state index is -0.723. The van der Waals surface area contributed by atoms with E-state index in [1.165, 1.54) is 0 Å². The van der Waals surface area contributed by atoms with Crippen LogP contribution in [-0.4, -0.2) is 34.1 Å². The number of aromatic nitrogens is 2. The fourth-order valence-electron chi connectivity index (χ4n) is 2.40. The van der Waals surface area contributed by atoms with Gasteiger partial charge in [-0.25, -0.2) is 0 Å². The molecule has 2 rings (SSSR count). The number of carboxylic acid groups (broad SMARTS) is 1. The molecule has 94 valence electrons. The molecule has 0 unspecified atom stereocenters. The molecule has 1 saturated heterocycles. The Hall–Kier alpha value is -1.36. The first-order valence-electron chi connectivity index (χ1n) is 5.84. The lowest BCUT2D eigenvalue weighted by atomic mass is 9.76. The van der Waals surface area contributed by atoms with Gasteiger partial charge in [0.1, 0.15) is 0 Å². The van der Waals surface area contributed by atoms with E-state index in [9.17, 15) is 9.90 Å². The molecule has 1 aliphatic rings. The molecule has 1 aromatic rings. The highest BCUT2D eigenvalue weighted by atomic mass is 16.5. The van der Waals surface area contributed by atoms with Crippen LogP contribution in [0.3, 0.4) is 0 Å². The maximum absolute atomic E-state index is 11.5. The predicted molar refractivity (Wildman–Crippen MR) is 61.8 cm³/mol. The molecule has 0 aromatic carbocycles. The van der Waals surface area contributed by atoms with Crippen molar-refractivity contribution in [3.8, 4) is 0 Å². The monoisotopic (exact) mass is 238 g/mol. The largest absolute Gasteiger partial charge is 0.481 e. The Labute approximate surface area is 100 Å². The van der Waals surface area contributed by atoms with Crippen molar-refractivity contribution in [3.05, 3.63) is 17.5 Å². The van der Waals surface area contributed by atoms with Gasteiger partial charge in [-0.1, -0.05) is 0 Å². The second kappa shape index (κ2) is 4.49. The third kappa shape index (κ3) is 2.34. The van der Waals surface area contributed by atoms with Gasteiger partial charge in [0, 0.05) is 32.4 Å². The van der Waals surface area contributed by atoms with Crippen molar-refractivity contribution in [2.45, 2.75) is 26.2 Å². The van der Waals surface area contributed by atoms with Crippen LogP contribution in [0.5, 0.6) is 0 Å². The average Bonchev–Trinajstić information content (AvgIpc) is 2.58. The summed E-state index contributed by atoms with van der Waals surface area (Å²) in [6.07, 6.45) is 1.68. The van der Waals surface area contributed by atoms with Crippen molar-refractivity contribution in [3.63, 3.8) is 0 Å². The molecule has 5 nitrogen and oxygen atoms in total. The number of nitrogens with zero attached hydrogens (tertiary/aromatic N) is 2. The molecular formula is C12H18N2O3.